The van der Waals surface area contributed by atoms with Crippen LogP contribution in [0.25, 0.3) is 0 Å². The van der Waals surface area contributed by atoms with Crippen molar-refractivity contribution in [3.05, 3.63) is 27.3 Å². The largest absolute Gasteiger partial charge is 0.502 e. The Morgan fingerprint density at radius 3 is 2.27 bits per heavy atom. The van der Waals surface area contributed by atoms with Gasteiger partial charge in [-0.1, -0.05) is 13.8 Å². The normalized spacial score (nSPS) is 29.5. The highest BCUT2D eigenvalue weighted by molar-refractivity contribution is 6.32. The van der Waals surface area contributed by atoms with Crippen LogP contribution in [0.15, 0.2) is 6.07 Å². The van der Waals surface area contributed by atoms with Crippen molar-refractivity contribution in [2.75, 3.05) is 25.5 Å². The van der Waals surface area contributed by atoms with Crippen molar-refractivity contribution in [1.29, 1.82) is 0 Å². The van der Waals surface area contributed by atoms with Crippen LogP contribution in [0.3, 0.4) is 0 Å². The Hall–Kier alpha value is -3.71. The summed E-state index contributed by atoms with van der Waals surface area (Å²) in [6.45, 7) is 8.20. The number of carbonyl (C=O) groups is 5. The molecule has 0 heterocycles. The number of carbonyl (C=O) groups excluding carboxylic acids is 5. The number of benzene rings is 1. The lowest BCUT2D eigenvalue weighted by Gasteiger charge is -2.52. The summed E-state index contributed by atoms with van der Waals surface area (Å²) in [4.78, 5) is 81.2. The minimum Gasteiger partial charge on any atom is -0.502 e. The number of rotatable bonds is 7. The number of likely N-dealkylation sites (N-methyl/N-ethyl adjacent to an activating group) is 1. The number of nitro benzene ring substituents is 1. The van der Waals surface area contributed by atoms with Gasteiger partial charge < -0.3 is 20.8 Å². The number of nitrogens with two attached hydrogens (primary N) is 1. The number of nitrogens with zero attached hydrogens (tertiary/aromatic N) is 3. The van der Waals surface area contributed by atoms with Gasteiger partial charge in [-0.15, -0.1) is 0 Å². The van der Waals surface area contributed by atoms with Crippen LogP contribution in [0.1, 0.15) is 50.0 Å². The molecule has 13 heteroatoms. The Kier molecular flexibility index (Phi) is 7.59. The van der Waals surface area contributed by atoms with Crippen LogP contribution >= 0.6 is 0 Å². The van der Waals surface area contributed by atoms with Crippen molar-refractivity contribution in [3.63, 3.8) is 0 Å². The molecule has 0 radical (unpaired) electrons. The van der Waals surface area contributed by atoms with E-state index in [1.807, 2.05) is 32.6 Å². The summed E-state index contributed by atoms with van der Waals surface area (Å²) < 4.78 is 0. The summed E-state index contributed by atoms with van der Waals surface area (Å²) in [6, 6.07) is -0.123. The van der Waals surface area contributed by atoms with Gasteiger partial charge in [0.25, 0.3) is 0 Å². The second-order valence-corrected chi connectivity index (χ2v) is 12.3. The molecule has 6 atom stereocenters. The molecule has 1 aromatic rings. The maximum absolute atomic E-state index is 14.0. The molecule has 1 aromatic carbocycles. The molecule has 3 aliphatic rings. The molecule has 3 aliphatic carbocycles. The molecule has 0 saturated heterocycles. The fourth-order valence-electron chi connectivity index (χ4n) is 7.01. The van der Waals surface area contributed by atoms with Gasteiger partial charge in [0.2, 0.25) is 11.7 Å². The third kappa shape index (κ3) is 4.42. The van der Waals surface area contributed by atoms with Crippen molar-refractivity contribution >= 4 is 40.4 Å². The third-order valence-corrected chi connectivity index (χ3v) is 8.71. The number of nitro groups is 1. The first-order valence-electron chi connectivity index (χ1n) is 13.6. The summed E-state index contributed by atoms with van der Waals surface area (Å²) >= 11 is 0. The predicted octanol–water partition coefficient (Wildman–Crippen LogP) is 0.646. The molecule has 0 aromatic heterocycles. The lowest BCUT2D eigenvalue weighted by molar-refractivity contribution is -0.385. The first-order valence-corrected chi connectivity index (χ1v) is 13.6. The third-order valence-electron chi connectivity index (χ3n) is 8.71. The van der Waals surface area contributed by atoms with E-state index in [0.717, 1.165) is 0 Å². The van der Waals surface area contributed by atoms with Crippen LogP contribution < -0.4 is 10.6 Å². The monoisotopic (exact) mass is 572 g/mol. The van der Waals surface area contributed by atoms with Gasteiger partial charge >= 0.3 is 5.69 Å². The zero-order valence-corrected chi connectivity index (χ0v) is 23.9. The number of hydrogen-bond acceptors (Lipinski definition) is 11. The number of phenols is 1. The maximum Gasteiger partial charge on any atom is 0.313 e. The lowest BCUT2D eigenvalue weighted by Crippen LogP contribution is -2.74. The van der Waals surface area contributed by atoms with Crippen molar-refractivity contribution in [1.82, 2.24) is 4.90 Å². The molecule has 2 saturated carbocycles. The smallest absolute Gasteiger partial charge is 0.313 e. The highest BCUT2D eigenvalue weighted by Crippen LogP contribution is 2.53. The van der Waals surface area contributed by atoms with E-state index in [1.165, 1.54) is 25.1 Å². The van der Waals surface area contributed by atoms with Gasteiger partial charge in [-0.3, -0.25) is 39.0 Å². The first kappa shape index (κ1) is 30.3. The summed E-state index contributed by atoms with van der Waals surface area (Å²) in [5, 5.41) is 34.6. The van der Waals surface area contributed by atoms with E-state index < -0.39 is 86.3 Å². The second kappa shape index (κ2) is 10.3. The van der Waals surface area contributed by atoms with E-state index in [4.69, 9.17) is 5.73 Å². The second-order valence-electron chi connectivity index (χ2n) is 12.3. The van der Waals surface area contributed by atoms with E-state index in [0.29, 0.717) is 17.8 Å². The molecular weight excluding hydrogens is 536 g/mol. The Balaban J connectivity index is 1.95. The Morgan fingerprint density at radius 1 is 1.17 bits per heavy atom. The number of amides is 1. The van der Waals surface area contributed by atoms with Gasteiger partial charge in [0.05, 0.1) is 22.4 Å². The van der Waals surface area contributed by atoms with Crippen LogP contribution in [0.2, 0.25) is 0 Å². The average molecular weight is 573 g/mol. The van der Waals surface area contributed by atoms with Crippen molar-refractivity contribution in [3.8, 4) is 5.75 Å². The number of Topliss-reactive ketones (excluding diaryl/α,β-unsaturated/α-hetero) is 4. The highest BCUT2D eigenvalue weighted by atomic mass is 16.6. The van der Waals surface area contributed by atoms with Crippen LogP contribution in [0.5, 0.6) is 5.75 Å². The zero-order chi connectivity index (χ0) is 30.9. The molecule has 13 nitrogen and oxygen atoms in total. The molecule has 0 spiro atoms. The fourth-order valence-corrected chi connectivity index (χ4v) is 7.01. The first-order chi connectivity index (χ1) is 19.0. The van der Waals surface area contributed by atoms with Gasteiger partial charge in [0, 0.05) is 30.3 Å². The molecular formula is C28H36N4O9. The van der Waals surface area contributed by atoms with Crippen LogP contribution in [-0.4, -0.2) is 87.4 Å². The molecule has 4 N–H and O–H groups in total. The standard InChI is InChI=1S/C28H36N4O9/c1-11(2)10-31(12(3)4)16-9-17(32(40)41)22(33)19-14(16)7-13-8-15-21(30(5)6)24(35)20(27(29)38)26(37)28(15,39)25(36)18(13)23(19)34/h9,11-13,15,18,20-21,33,39H,7-8,10H2,1-6H3,(H2,29,38)/t13?,15?,18?,20?,21-,28-/m0/s1. The number of primary amides is 1. The number of anilines is 1. The van der Waals surface area contributed by atoms with E-state index >= 15 is 0 Å². The van der Waals surface area contributed by atoms with E-state index in [2.05, 4.69) is 0 Å². The van der Waals surface area contributed by atoms with Gasteiger partial charge in [0.15, 0.2) is 34.7 Å². The van der Waals surface area contributed by atoms with Gasteiger partial charge in [-0.2, -0.15) is 0 Å². The van der Waals surface area contributed by atoms with Crippen molar-refractivity contribution in [2.24, 2.45) is 35.3 Å². The summed E-state index contributed by atoms with van der Waals surface area (Å²) in [7, 11) is 3.02. The molecule has 1 amide bonds. The summed E-state index contributed by atoms with van der Waals surface area (Å²) in [5.74, 6) is -12.2. The summed E-state index contributed by atoms with van der Waals surface area (Å²) in [5.41, 5.74) is 2.08. The number of ketones is 4. The molecule has 222 valence electrons. The van der Waals surface area contributed by atoms with Gasteiger partial charge in [0.1, 0.15) is 0 Å². The zero-order valence-electron chi connectivity index (χ0n) is 23.9. The Labute approximate surface area is 236 Å². The quantitative estimate of drug-likeness (QED) is 0.235. The number of hydrogen-bond donors (Lipinski definition) is 3. The van der Waals surface area contributed by atoms with Gasteiger partial charge in [-0.05, 0) is 58.2 Å². The van der Waals surface area contributed by atoms with Crippen molar-refractivity contribution in [2.45, 2.75) is 58.2 Å². The van der Waals surface area contributed by atoms with Crippen LogP contribution in [0, 0.1) is 39.7 Å². The summed E-state index contributed by atoms with van der Waals surface area (Å²) in [6.07, 6.45) is -0.0824. The van der Waals surface area contributed by atoms with E-state index in [-0.39, 0.29) is 24.8 Å². The molecule has 4 unspecified atom stereocenters. The number of fused-ring (bicyclic) bond motifs is 3. The lowest BCUT2D eigenvalue weighted by atomic mass is 9.52. The number of aliphatic hydroxyl groups is 1. The topological polar surface area (TPSA) is 201 Å². The molecule has 0 aliphatic heterocycles. The van der Waals surface area contributed by atoms with E-state index in [9.17, 15) is 44.3 Å². The fraction of sp³-hybridized carbons (Fsp3) is 0.607. The average Bonchev–Trinajstić information content (AvgIpc) is 2.84. The van der Waals surface area contributed by atoms with E-state index in [1.54, 1.807) is 0 Å². The minimum atomic E-state index is -2.86. The number of aromatic hydroxyl groups is 1. The van der Waals surface area contributed by atoms with Crippen LogP contribution in [0.4, 0.5) is 11.4 Å². The molecule has 2 fully saturated rings. The number of phenolic OH excluding ortho intramolecular Hbond substituents is 1. The molecule has 0 bridgehead atoms. The SMILES string of the molecule is CC(C)CN(c1cc([N+](=O)[O-])c(O)c2c1CC1CC3[C@H](N(C)C)C(=O)C(C(N)=O)C(=O)[C@@]3(O)C(=O)C1C2=O)C(C)C. The Morgan fingerprint density at radius 2 is 1.78 bits per heavy atom. The highest BCUT2D eigenvalue weighted by Gasteiger charge is 2.69. The van der Waals surface area contributed by atoms with Crippen molar-refractivity contribution < 1.29 is 39.1 Å². The molecule has 41 heavy (non-hydrogen) atoms. The predicted molar refractivity (Wildman–Crippen MR) is 145 cm³/mol. The Bertz CT molecular complexity index is 1370. The maximum atomic E-state index is 14.0. The minimum absolute atomic E-state index is 0.0219. The molecule has 4 rings (SSSR count). The van der Waals surface area contributed by atoms with Gasteiger partial charge in [-0.25, -0.2) is 0 Å². The van der Waals surface area contributed by atoms with Crippen LogP contribution in [-0.2, 0) is 25.6 Å².